The third-order valence-corrected chi connectivity index (χ3v) is 5.98. The van der Waals surface area contributed by atoms with Crippen molar-refractivity contribution < 1.29 is 9.90 Å². The van der Waals surface area contributed by atoms with Gasteiger partial charge < -0.3 is 20.3 Å². The van der Waals surface area contributed by atoms with Crippen LogP contribution >= 0.6 is 11.6 Å². The summed E-state index contributed by atoms with van der Waals surface area (Å²) < 4.78 is 1.90. The van der Waals surface area contributed by atoms with Gasteiger partial charge in [0.2, 0.25) is 0 Å². The summed E-state index contributed by atoms with van der Waals surface area (Å²) in [4.78, 5) is 22.6. The monoisotopic (exact) mass is 470 g/mol. The molecule has 0 aliphatic carbocycles. The number of nitrogen functional groups attached to an aromatic ring is 1. The van der Waals surface area contributed by atoms with Crippen molar-refractivity contribution >= 4 is 40.4 Å². The number of rotatable bonds is 4. The summed E-state index contributed by atoms with van der Waals surface area (Å²) in [7, 11) is 0. The van der Waals surface area contributed by atoms with Crippen LogP contribution in [0.1, 0.15) is 5.56 Å². The van der Waals surface area contributed by atoms with E-state index in [2.05, 4.69) is 9.97 Å². The first kappa shape index (κ1) is 21.6. The number of halogens is 1. The maximum absolute atomic E-state index is 12.5. The maximum atomic E-state index is 12.5. The normalized spacial score (nSPS) is 14.1. The molecular formula is C25H19ClN6O2. The quantitative estimate of drug-likeness (QED) is 0.348. The molecule has 8 nitrogen and oxygen atoms in total. The van der Waals surface area contributed by atoms with E-state index in [1.165, 1.54) is 11.2 Å². The molecule has 0 radical (unpaired) electrons. The van der Waals surface area contributed by atoms with Crippen molar-refractivity contribution in [2.45, 2.75) is 6.10 Å². The number of β-amino-alcohol motifs (C(OH)–C–C–N with tert-alkyl or cyclic N) is 1. The Hall–Kier alpha value is -4.19. The number of nitrogens with two attached hydrogens (primary N) is 1. The molecule has 0 unspecified atom stereocenters. The van der Waals surface area contributed by atoms with Gasteiger partial charge in [-0.25, -0.2) is 9.97 Å². The van der Waals surface area contributed by atoms with Crippen molar-refractivity contribution in [1.29, 1.82) is 5.26 Å². The molecule has 168 valence electrons. The summed E-state index contributed by atoms with van der Waals surface area (Å²) in [5.41, 5.74) is 10.1. The number of likely N-dealkylation sites (tertiary alicyclic amines) is 1. The molecule has 3 N–H and O–H groups in total. The molecule has 4 aromatic rings. The fourth-order valence-electron chi connectivity index (χ4n) is 3.99. The molecule has 0 saturated carbocycles. The van der Waals surface area contributed by atoms with Crippen LogP contribution in [0.4, 0.5) is 5.82 Å². The van der Waals surface area contributed by atoms with E-state index in [0.29, 0.717) is 22.1 Å². The zero-order chi connectivity index (χ0) is 23.8. The first-order chi connectivity index (χ1) is 16.4. The van der Waals surface area contributed by atoms with E-state index in [0.717, 1.165) is 22.2 Å². The van der Waals surface area contributed by atoms with Gasteiger partial charge in [-0.2, -0.15) is 5.26 Å². The van der Waals surface area contributed by atoms with Crippen LogP contribution in [0, 0.1) is 11.3 Å². The number of carbonyl (C=O) groups excluding carboxylic acids is 1. The van der Waals surface area contributed by atoms with Gasteiger partial charge in [0.15, 0.2) is 5.65 Å². The van der Waals surface area contributed by atoms with Crippen molar-refractivity contribution in [3.8, 4) is 22.9 Å². The minimum Gasteiger partial charge on any atom is -0.389 e. The number of nitriles is 1. The second kappa shape index (κ2) is 8.63. The molecular weight excluding hydrogens is 452 g/mol. The molecule has 5 rings (SSSR count). The Bertz CT molecular complexity index is 1480. The van der Waals surface area contributed by atoms with E-state index < -0.39 is 12.0 Å². The summed E-state index contributed by atoms with van der Waals surface area (Å²) in [5.74, 6) is -0.0333. The number of amides is 1. The third-order valence-electron chi connectivity index (χ3n) is 5.73. The summed E-state index contributed by atoms with van der Waals surface area (Å²) in [6.45, 7) is 0.476. The number of aliphatic hydroxyl groups is 1. The molecule has 1 amide bonds. The molecule has 2 aromatic carbocycles. The smallest absolute Gasteiger partial charge is 0.264 e. The van der Waals surface area contributed by atoms with Crippen LogP contribution < -0.4 is 5.73 Å². The van der Waals surface area contributed by atoms with Crippen LogP contribution in [-0.4, -0.2) is 49.6 Å². The summed E-state index contributed by atoms with van der Waals surface area (Å²) in [5, 5.41) is 20.3. The van der Waals surface area contributed by atoms with Gasteiger partial charge in [-0.05, 0) is 41.5 Å². The molecule has 2 aromatic heterocycles. The molecule has 3 heterocycles. The van der Waals surface area contributed by atoms with Crippen LogP contribution in [0.5, 0.6) is 0 Å². The Morgan fingerprint density at radius 2 is 1.97 bits per heavy atom. The minimum atomic E-state index is -0.529. The fourth-order valence-corrected chi connectivity index (χ4v) is 4.12. The zero-order valence-electron chi connectivity index (χ0n) is 17.9. The van der Waals surface area contributed by atoms with Gasteiger partial charge in [0.1, 0.15) is 23.8 Å². The van der Waals surface area contributed by atoms with Crippen molar-refractivity contribution in [1.82, 2.24) is 19.4 Å². The van der Waals surface area contributed by atoms with Crippen molar-refractivity contribution in [2.24, 2.45) is 0 Å². The Labute approximate surface area is 200 Å². The van der Waals surface area contributed by atoms with Crippen LogP contribution in [-0.2, 0) is 4.79 Å². The Balaban J connectivity index is 1.58. The van der Waals surface area contributed by atoms with Crippen molar-refractivity contribution in [2.75, 3.05) is 18.8 Å². The highest BCUT2D eigenvalue weighted by Crippen LogP contribution is 2.35. The number of aromatic nitrogens is 3. The van der Waals surface area contributed by atoms with Crippen molar-refractivity contribution in [3.63, 3.8) is 0 Å². The second-order valence-corrected chi connectivity index (χ2v) is 8.44. The maximum Gasteiger partial charge on any atom is 0.264 e. The average molecular weight is 471 g/mol. The van der Waals surface area contributed by atoms with E-state index in [1.54, 1.807) is 6.08 Å². The minimum absolute atomic E-state index is 0.00911. The lowest BCUT2D eigenvalue weighted by Gasteiger charge is -2.35. The average Bonchev–Trinajstić information content (AvgIpc) is 3.22. The predicted octanol–water partition coefficient (Wildman–Crippen LogP) is 3.43. The molecule has 0 atom stereocenters. The fraction of sp³-hybridized carbons (Fsp3) is 0.120. The lowest BCUT2D eigenvalue weighted by Crippen LogP contribution is -2.53. The molecule has 0 bridgehead atoms. The van der Waals surface area contributed by atoms with E-state index in [4.69, 9.17) is 17.3 Å². The van der Waals surface area contributed by atoms with Gasteiger partial charge >= 0.3 is 0 Å². The number of carbonyl (C=O) groups is 1. The lowest BCUT2D eigenvalue weighted by atomic mass is 10.1. The predicted molar refractivity (Wildman–Crippen MR) is 130 cm³/mol. The molecule has 9 heteroatoms. The van der Waals surface area contributed by atoms with Gasteiger partial charge in [-0.15, -0.1) is 0 Å². The number of aliphatic hydroxyl groups excluding tert-OH is 1. The highest BCUT2D eigenvalue weighted by Gasteiger charge is 2.30. The Morgan fingerprint density at radius 3 is 2.68 bits per heavy atom. The summed E-state index contributed by atoms with van der Waals surface area (Å²) in [6, 6.07) is 16.8. The molecule has 1 fully saturated rings. The molecule has 1 aliphatic rings. The number of hydrogen-bond acceptors (Lipinski definition) is 6. The highest BCUT2D eigenvalue weighted by molar-refractivity contribution is 6.30. The van der Waals surface area contributed by atoms with Crippen LogP contribution in [0.25, 0.3) is 33.9 Å². The van der Waals surface area contributed by atoms with E-state index in [1.807, 2.05) is 65.4 Å². The van der Waals surface area contributed by atoms with E-state index >= 15 is 0 Å². The van der Waals surface area contributed by atoms with Gasteiger partial charge in [0.25, 0.3) is 5.91 Å². The molecule has 1 aliphatic heterocycles. The number of nitrogens with zero attached hydrogens (tertiary/aromatic N) is 5. The SMILES string of the molecule is N#C/C(=C\c1cccc(-n2cc(-c3ccc(Cl)cc3)c3c(N)ncnc32)c1)C(=O)N1CC(O)C1. The van der Waals surface area contributed by atoms with Crippen molar-refractivity contribution in [3.05, 3.63) is 77.2 Å². The largest absolute Gasteiger partial charge is 0.389 e. The second-order valence-electron chi connectivity index (χ2n) is 8.01. The standard InChI is InChI=1S/C25H19ClN6O2/c26-18-6-4-16(5-7-18)21-13-32(24-22(21)23(28)29-14-30-24)19-3-1-2-15(9-19)8-17(10-27)25(34)31-11-20(33)12-31/h1-9,13-14,20,33H,11-12H2,(H2,28,29,30)/b17-8+. The van der Waals surface area contributed by atoms with Crippen LogP contribution in [0.2, 0.25) is 5.02 Å². The first-order valence-electron chi connectivity index (χ1n) is 10.5. The number of hydrogen-bond donors (Lipinski definition) is 2. The topological polar surface area (TPSA) is 121 Å². The van der Waals surface area contributed by atoms with E-state index in [9.17, 15) is 15.2 Å². The number of benzene rings is 2. The van der Waals surface area contributed by atoms with Gasteiger partial charge in [-0.1, -0.05) is 35.9 Å². The lowest BCUT2D eigenvalue weighted by molar-refractivity contribution is -0.136. The number of fused-ring (bicyclic) bond motifs is 1. The van der Waals surface area contributed by atoms with Gasteiger partial charge in [-0.3, -0.25) is 4.79 Å². The van der Waals surface area contributed by atoms with Crippen LogP contribution in [0.15, 0.2) is 66.6 Å². The Kier molecular flexibility index (Phi) is 5.49. The summed E-state index contributed by atoms with van der Waals surface area (Å²) in [6.07, 6.45) is 4.36. The highest BCUT2D eigenvalue weighted by atomic mass is 35.5. The van der Waals surface area contributed by atoms with E-state index in [-0.39, 0.29) is 18.7 Å². The van der Waals surface area contributed by atoms with Gasteiger partial charge in [0.05, 0.1) is 11.5 Å². The molecule has 1 saturated heterocycles. The Morgan fingerprint density at radius 1 is 1.21 bits per heavy atom. The summed E-state index contributed by atoms with van der Waals surface area (Å²) >= 11 is 6.06. The molecule has 34 heavy (non-hydrogen) atoms. The molecule has 0 spiro atoms. The third kappa shape index (κ3) is 3.88. The first-order valence-corrected chi connectivity index (χ1v) is 10.9. The van der Waals surface area contributed by atoms with Crippen LogP contribution in [0.3, 0.4) is 0 Å². The van der Waals surface area contributed by atoms with Gasteiger partial charge in [0, 0.05) is 35.6 Å². The zero-order valence-corrected chi connectivity index (χ0v) is 18.6. The number of anilines is 1.